The zero-order valence-corrected chi connectivity index (χ0v) is 22.2. The molecule has 0 heterocycles. The SMILES string of the molecule is N#C/C(c1cc(C#N)c(C#N)cc1C(F)(F)F)=c1/cc(C#N)/c(=C(/C#N)c2cc(C#N)c(C#N)cc2C(F)(F)F)c(C#N)c1C#N. The first-order valence-electron chi connectivity index (χ1n) is 11.8. The van der Waals surface area contributed by atoms with Crippen LogP contribution in [0.2, 0.25) is 0 Å². The van der Waals surface area contributed by atoms with Crippen molar-refractivity contribution in [2.45, 2.75) is 12.4 Å². The first-order chi connectivity index (χ1) is 21.7. The standard InChI is InChI=1S/C31H5F6N9/c32-30(33,34)27-4-17(8-40)15(6-38)1-21(27)23(11-43)20-3-19(10-42)29(26(14-46)24(20)12-44)25(13-45)22-2-16(7-39)18(9-41)5-28(22)31(35,36)37/h1-5H/b23-20+,29-25+. The Balaban J connectivity index is 2.81. The van der Waals surface area contributed by atoms with E-state index in [1.807, 2.05) is 0 Å². The normalized spacial score (nSPS) is 11.8. The third-order valence-corrected chi connectivity index (χ3v) is 6.36. The molecule has 3 rings (SSSR count). The van der Waals surface area contributed by atoms with Gasteiger partial charge in [0.15, 0.2) is 0 Å². The van der Waals surface area contributed by atoms with Crippen molar-refractivity contribution < 1.29 is 26.3 Å². The van der Waals surface area contributed by atoms with Crippen molar-refractivity contribution in [3.05, 3.63) is 102 Å². The van der Waals surface area contributed by atoms with Crippen molar-refractivity contribution >= 4 is 11.1 Å². The van der Waals surface area contributed by atoms with Crippen molar-refractivity contribution in [1.82, 2.24) is 0 Å². The molecule has 0 radical (unpaired) electrons. The van der Waals surface area contributed by atoms with Crippen LogP contribution in [0.3, 0.4) is 0 Å². The highest BCUT2D eigenvalue weighted by Gasteiger charge is 2.37. The Hall–Kier alpha value is -7.61. The second-order valence-corrected chi connectivity index (χ2v) is 8.74. The van der Waals surface area contributed by atoms with E-state index in [0.717, 1.165) is 0 Å². The summed E-state index contributed by atoms with van der Waals surface area (Å²) in [5.41, 5.74) is -12.8. The van der Waals surface area contributed by atoms with Gasteiger partial charge < -0.3 is 0 Å². The van der Waals surface area contributed by atoms with Gasteiger partial charge in [-0.25, -0.2) is 0 Å². The van der Waals surface area contributed by atoms with E-state index in [4.69, 9.17) is 0 Å². The molecule has 0 saturated carbocycles. The molecule has 0 aromatic heterocycles. The van der Waals surface area contributed by atoms with Crippen molar-refractivity contribution in [2.75, 3.05) is 0 Å². The van der Waals surface area contributed by atoms with Gasteiger partial charge in [-0.1, -0.05) is 0 Å². The maximum atomic E-state index is 14.1. The maximum absolute atomic E-state index is 14.1. The second kappa shape index (κ2) is 12.3. The molecule has 15 heteroatoms. The summed E-state index contributed by atoms with van der Waals surface area (Å²) in [6.07, 6.45) is -10.5. The molecule has 0 saturated heterocycles. The number of hydrogen-bond acceptors (Lipinski definition) is 9. The number of benzene rings is 3. The van der Waals surface area contributed by atoms with Gasteiger partial charge in [-0.3, -0.25) is 0 Å². The summed E-state index contributed by atoms with van der Waals surface area (Å²) >= 11 is 0. The number of rotatable bonds is 2. The zero-order chi connectivity index (χ0) is 34.6. The summed E-state index contributed by atoms with van der Waals surface area (Å²) in [6.45, 7) is 0. The summed E-state index contributed by atoms with van der Waals surface area (Å²) in [5.74, 6) is 0. The van der Waals surface area contributed by atoms with E-state index in [1.54, 1.807) is 0 Å². The van der Waals surface area contributed by atoms with Crippen LogP contribution in [0.1, 0.15) is 61.2 Å². The molecule has 0 unspecified atom stereocenters. The van der Waals surface area contributed by atoms with E-state index in [-0.39, 0.29) is 12.1 Å². The van der Waals surface area contributed by atoms with Crippen LogP contribution in [-0.2, 0) is 12.4 Å². The molecule has 216 valence electrons. The quantitative estimate of drug-likeness (QED) is 0.375. The molecule has 9 nitrogen and oxygen atoms in total. The molecular formula is C31H5F6N9. The van der Waals surface area contributed by atoms with Crippen LogP contribution >= 0.6 is 0 Å². The molecule has 0 atom stereocenters. The predicted octanol–water partition coefficient (Wildman–Crippen LogP) is 4.27. The van der Waals surface area contributed by atoms with Gasteiger partial charge in [-0.15, -0.1) is 0 Å². The number of nitriles is 9. The van der Waals surface area contributed by atoms with Crippen LogP contribution in [-0.4, -0.2) is 0 Å². The van der Waals surface area contributed by atoms with Gasteiger partial charge in [0.2, 0.25) is 0 Å². The lowest BCUT2D eigenvalue weighted by atomic mass is 9.87. The average Bonchev–Trinajstić information content (AvgIpc) is 3.03. The van der Waals surface area contributed by atoms with Crippen LogP contribution in [0.4, 0.5) is 26.3 Å². The number of hydrogen-bond donors (Lipinski definition) is 0. The molecule has 46 heavy (non-hydrogen) atoms. The Morgan fingerprint density at radius 2 is 0.804 bits per heavy atom. The number of nitrogens with zero attached hydrogens (tertiary/aromatic N) is 9. The first-order valence-corrected chi connectivity index (χ1v) is 11.8. The Kier molecular flexibility index (Phi) is 8.81. The fraction of sp³-hybridized carbons (Fsp3) is 0.0645. The Bertz CT molecular complexity index is 2390. The summed E-state index contributed by atoms with van der Waals surface area (Å²) < 4.78 is 84.6. The molecule has 0 aliphatic rings. The van der Waals surface area contributed by atoms with E-state index < -0.39 is 95.1 Å². The minimum absolute atomic E-state index is 0.265. The molecule has 0 aliphatic carbocycles. The van der Waals surface area contributed by atoms with Gasteiger partial charge in [-0.05, 0) is 30.3 Å². The van der Waals surface area contributed by atoms with Gasteiger partial charge >= 0.3 is 12.4 Å². The highest BCUT2D eigenvalue weighted by Crippen LogP contribution is 2.37. The van der Waals surface area contributed by atoms with Crippen LogP contribution in [0.5, 0.6) is 0 Å². The van der Waals surface area contributed by atoms with E-state index in [0.29, 0.717) is 18.2 Å². The monoisotopic (exact) mass is 617 g/mol. The topological polar surface area (TPSA) is 214 Å². The first kappa shape index (κ1) is 32.9. The van der Waals surface area contributed by atoms with Crippen LogP contribution < -0.4 is 10.4 Å². The van der Waals surface area contributed by atoms with Gasteiger partial charge in [0.05, 0.1) is 67.3 Å². The van der Waals surface area contributed by atoms with Crippen molar-refractivity contribution in [3.8, 4) is 54.6 Å². The second-order valence-electron chi connectivity index (χ2n) is 8.74. The molecule has 0 amide bonds. The fourth-order valence-electron chi connectivity index (χ4n) is 4.42. The van der Waals surface area contributed by atoms with E-state index in [2.05, 4.69) is 0 Å². The average molecular weight is 617 g/mol. The largest absolute Gasteiger partial charge is 0.417 e. The lowest BCUT2D eigenvalue weighted by Crippen LogP contribution is -2.27. The lowest BCUT2D eigenvalue weighted by Gasteiger charge is -2.15. The van der Waals surface area contributed by atoms with E-state index in [1.165, 1.54) is 54.6 Å². The number of halogens is 6. The number of alkyl halides is 6. The Morgan fingerprint density at radius 1 is 0.435 bits per heavy atom. The molecule has 0 bridgehead atoms. The minimum atomic E-state index is -5.27. The van der Waals surface area contributed by atoms with E-state index >= 15 is 0 Å². The molecule has 0 spiro atoms. The van der Waals surface area contributed by atoms with Crippen LogP contribution in [0, 0.1) is 102 Å². The predicted molar refractivity (Wildman–Crippen MR) is 138 cm³/mol. The molecular weight excluding hydrogens is 612 g/mol. The lowest BCUT2D eigenvalue weighted by molar-refractivity contribution is -0.138. The minimum Gasteiger partial charge on any atom is -0.192 e. The zero-order valence-electron chi connectivity index (χ0n) is 22.2. The Morgan fingerprint density at radius 3 is 1.13 bits per heavy atom. The van der Waals surface area contributed by atoms with Gasteiger partial charge in [0, 0.05) is 21.6 Å². The van der Waals surface area contributed by atoms with Crippen molar-refractivity contribution in [1.29, 1.82) is 47.4 Å². The smallest absolute Gasteiger partial charge is 0.192 e. The maximum Gasteiger partial charge on any atom is 0.417 e. The molecule has 3 aromatic carbocycles. The van der Waals surface area contributed by atoms with Gasteiger partial charge in [0.1, 0.15) is 48.6 Å². The Labute approximate surface area is 253 Å². The van der Waals surface area contributed by atoms with Gasteiger partial charge in [-0.2, -0.15) is 73.7 Å². The third-order valence-electron chi connectivity index (χ3n) is 6.36. The fourth-order valence-corrected chi connectivity index (χ4v) is 4.42. The summed E-state index contributed by atoms with van der Waals surface area (Å²) in [6, 6.07) is 15.3. The summed E-state index contributed by atoms with van der Waals surface area (Å²) in [4.78, 5) is 0. The molecule has 0 N–H and O–H groups in total. The van der Waals surface area contributed by atoms with Crippen molar-refractivity contribution in [2.24, 2.45) is 0 Å². The molecule has 0 aliphatic heterocycles. The summed E-state index contributed by atoms with van der Waals surface area (Å²) in [5, 5.41) is 85.5. The molecule has 3 aromatic rings. The van der Waals surface area contributed by atoms with E-state index in [9.17, 15) is 73.7 Å². The van der Waals surface area contributed by atoms with Crippen molar-refractivity contribution in [3.63, 3.8) is 0 Å². The third kappa shape index (κ3) is 5.58. The summed E-state index contributed by atoms with van der Waals surface area (Å²) in [7, 11) is 0. The van der Waals surface area contributed by atoms with Crippen LogP contribution in [0.25, 0.3) is 11.1 Å². The highest BCUT2D eigenvalue weighted by atomic mass is 19.4. The highest BCUT2D eigenvalue weighted by molar-refractivity contribution is 5.85. The van der Waals surface area contributed by atoms with Crippen LogP contribution in [0.15, 0.2) is 30.3 Å². The molecule has 0 fully saturated rings. The van der Waals surface area contributed by atoms with Gasteiger partial charge in [0.25, 0.3) is 0 Å².